The fraction of sp³-hybridized carbons (Fsp3) is 0.900. The molecule has 0 aromatic heterocycles. The molecule has 4 heteroatoms. The summed E-state index contributed by atoms with van der Waals surface area (Å²) in [6.45, 7) is 8.34. The molecule has 1 aliphatic heterocycles. The van der Waals surface area contributed by atoms with E-state index < -0.39 is 0 Å². The van der Waals surface area contributed by atoms with Crippen molar-refractivity contribution in [1.29, 1.82) is 0 Å². The topological polar surface area (TPSA) is 49.6 Å². The molecule has 1 heterocycles. The molecule has 0 saturated carbocycles. The molecule has 0 spiro atoms. The van der Waals surface area contributed by atoms with Crippen molar-refractivity contribution in [2.45, 2.75) is 26.3 Å². The number of amides is 1. The van der Waals surface area contributed by atoms with Gasteiger partial charge in [-0.15, -0.1) is 0 Å². The van der Waals surface area contributed by atoms with Crippen LogP contribution < -0.4 is 5.73 Å². The van der Waals surface area contributed by atoms with E-state index >= 15 is 0 Å². The first-order valence-corrected chi connectivity index (χ1v) is 5.43. The zero-order chi connectivity index (χ0) is 10.6. The van der Waals surface area contributed by atoms with Crippen LogP contribution in [0.15, 0.2) is 0 Å². The summed E-state index contributed by atoms with van der Waals surface area (Å²) in [4.78, 5) is 15.9. The third-order valence-corrected chi connectivity index (χ3v) is 2.91. The Morgan fingerprint density at radius 3 is 2.79 bits per heavy atom. The van der Waals surface area contributed by atoms with Crippen molar-refractivity contribution >= 4 is 5.91 Å². The molecule has 1 unspecified atom stereocenters. The average molecular weight is 199 g/mol. The quantitative estimate of drug-likeness (QED) is 0.687. The summed E-state index contributed by atoms with van der Waals surface area (Å²) < 4.78 is 0. The zero-order valence-electron chi connectivity index (χ0n) is 9.20. The van der Waals surface area contributed by atoms with E-state index in [9.17, 15) is 4.79 Å². The van der Waals surface area contributed by atoms with Crippen LogP contribution in [0.2, 0.25) is 0 Å². The van der Waals surface area contributed by atoms with Crippen LogP contribution in [0.1, 0.15) is 20.3 Å². The van der Waals surface area contributed by atoms with Crippen LogP contribution in [0.5, 0.6) is 0 Å². The Hall–Kier alpha value is -0.610. The highest BCUT2D eigenvalue weighted by molar-refractivity contribution is 5.82. The molecular formula is C10H21N3O. The largest absolute Gasteiger partial charge is 0.340 e. The first kappa shape index (κ1) is 11.5. The van der Waals surface area contributed by atoms with Crippen LogP contribution in [0.4, 0.5) is 0 Å². The Morgan fingerprint density at radius 2 is 2.21 bits per heavy atom. The highest BCUT2D eigenvalue weighted by Crippen LogP contribution is 2.10. The molecule has 0 aliphatic carbocycles. The number of nitrogens with zero attached hydrogens (tertiary/aromatic N) is 2. The van der Waals surface area contributed by atoms with E-state index in [4.69, 9.17) is 5.73 Å². The molecule has 1 fully saturated rings. The third-order valence-electron chi connectivity index (χ3n) is 2.91. The van der Waals surface area contributed by atoms with E-state index in [1.807, 2.05) is 18.7 Å². The molecule has 0 aromatic rings. The summed E-state index contributed by atoms with van der Waals surface area (Å²) in [5, 5.41) is 0. The number of rotatable bonds is 4. The summed E-state index contributed by atoms with van der Waals surface area (Å²) in [5.74, 6) is 0.260. The second-order valence-corrected chi connectivity index (χ2v) is 3.77. The molecule has 0 radical (unpaired) electrons. The van der Waals surface area contributed by atoms with Crippen molar-refractivity contribution in [1.82, 2.24) is 9.80 Å². The summed E-state index contributed by atoms with van der Waals surface area (Å²) in [6, 6.07) is 0.0373. The number of hydrogen-bond acceptors (Lipinski definition) is 3. The van der Waals surface area contributed by atoms with Gasteiger partial charge in [0.15, 0.2) is 0 Å². The van der Waals surface area contributed by atoms with Gasteiger partial charge in [0.05, 0.1) is 6.04 Å². The predicted molar refractivity (Wildman–Crippen MR) is 57.0 cm³/mol. The lowest BCUT2D eigenvalue weighted by molar-refractivity contribution is -0.140. The molecule has 1 aliphatic rings. The van der Waals surface area contributed by atoms with E-state index in [1.165, 1.54) is 0 Å². The van der Waals surface area contributed by atoms with Crippen molar-refractivity contribution in [3.63, 3.8) is 0 Å². The van der Waals surface area contributed by atoms with E-state index in [1.54, 1.807) is 0 Å². The maximum atomic E-state index is 11.8. The fourth-order valence-electron chi connectivity index (χ4n) is 1.89. The minimum absolute atomic E-state index is 0.0373. The summed E-state index contributed by atoms with van der Waals surface area (Å²) in [6.07, 6.45) is 0.976. The highest BCUT2D eigenvalue weighted by atomic mass is 16.2. The van der Waals surface area contributed by atoms with Gasteiger partial charge in [-0.3, -0.25) is 9.69 Å². The van der Waals surface area contributed by atoms with Crippen LogP contribution in [0, 0.1) is 0 Å². The molecule has 0 aromatic carbocycles. The predicted octanol–water partition coefficient (Wildman–Crippen LogP) is -0.112. The van der Waals surface area contributed by atoms with Crippen molar-refractivity contribution in [3.8, 4) is 0 Å². The van der Waals surface area contributed by atoms with Gasteiger partial charge in [-0.05, 0) is 26.8 Å². The van der Waals surface area contributed by atoms with Crippen LogP contribution in [0.25, 0.3) is 0 Å². The second-order valence-electron chi connectivity index (χ2n) is 3.77. The molecular weight excluding hydrogens is 178 g/mol. The van der Waals surface area contributed by atoms with Gasteiger partial charge in [-0.2, -0.15) is 0 Å². The summed E-state index contributed by atoms with van der Waals surface area (Å²) >= 11 is 0. The third kappa shape index (κ3) is 2.45. The first-order chi connectivity index (χ1) is 6.70. The maximum Gasteiger partial charge on any atom is 0.239 e. The smallest absolute Gasteiger partial charge is 0.239 e. The van der Waals surface area contributed by atoms with Gasteiger partial charge in [0.2, 0.25) is 5.91 Å². The monoisotopic (exact) mass is 199 g/mol. The number of nitrogens with two attached hydrogens (primary N) is 1. The minimum atomic E-state index is 0.0373. The zero-order valence-corrected chi connectivity index (χ0v) is 9.20. The molecule has 82 valence electrons. The number of carbonyl (C=O) groups is 1. The standard InChI is InChI=1S/C10H21N3O/c1-3-12-7-8-13(6-4-5-11)9(2)10(12)14/h9H,3-8,11H2,1-2H3. The van der Waals surface area contributed by atoms with E-state index in [-0.39, 0.29) is 11.9 Å². The van der Waals surface area contributed by atoms with Crippen molar-refractivity contribution < 1.29 is 4.79 Å². The van der Waals surface area contributed by atoms with Gasteiger partial charge in [0.25, 0.3) is 0 Å². The summed E-state index contributed by atoms with van der Waals surface area (Å²) in [7, 11) is 0. The Balaban J connectivity index is 2.46. The van der Waals surface area contributed by atoms with Gasteiger partial charge >= 0.3 is 0 Å². The van der Waals surface area contributed by atoms with Gasteiger partial charge < -0.3 is 10.6 Å². The molecule has 1 atom stereocenters. The lowest BCUT2D eigenvalue weighted by atomic mass is 10.1. The van der Waals surface area contributed by atoms with Crippen molar-refractivity contribution in [3.05, 3.63) is 0 Å². The van der Waals surface area contributed by atoms with E-state index in [0.717, 1.165) is 32.6 Å². The minimum Gasteiger partial charge on any atom is -0.340 e. The van der Waals surface area contributed by atoms with Crippen LogP contribution in [-0.2, 0) is 4.79 Å². The maximum absolute atomic E-state index is 11.8. The van der Waals surface area contributed by atoms with Crippen LogP contribution in [0.3, 0.4) is 0 Å². The fourth-order valence-corrected chi connectivity index (χ4v) is 1.89. The second kappa shape index (κ2) is 5.32. The average Bonchev–Trinajstić information content (AvgIpc) is 2.20. The van der Waals surface area contributed by atoms with Gasteiger partial charge in [0.1, 0.15) is 0 Å². The van der Waals surface area contributed by atoms with Crippen LogP contribution >= 0.6 is 0 Å². The molecule has 1 saturated heterocycles. The van der Waals surface area contributed by atoms with Gasteiger partial charge in [-0.1, -0.05) is 0 Å². The Bertz CT molecular complexity index is 196. The molecule has 0 bridgehead atoms. The van der Waals surface area contributed by atoms with Crippen LogP contribution in [-0.4, -0.2) is 54.5 Å². The molecule has 1 amide bonds. The molecule has 14 heavy (non-hydrogen) atoms. The molecule has 4 nitrogen and oxygen atoms in total. The first-order valence-electron chi connectivity index (χ1n) is 5.43. The number of hydrogen-bond donors (Lipinski definition) is 1. The Labute approximate surface area is 86.0 Å². The molecule has 2 N–H and O–H groups in total. The summed E-state index contributed by atoms with van der Waals surface area (Å²) in [5.41, 5.74) is 5.46. The lowest BCUT2D eigenvalue weighted by Gasteiger charge is -2.38. The van der Waals surface area contributed by atoms with Gasteiger partial charge in [0, 0.05) is 26.2 Å². The normalized spacial score (nSPS) is 24.4. The van der Waals surface area contributed by atoms with E-state index in [2.05, 4.69) is 4.90 Å². The highest BCUT2D eigenvalue weighted by Gasteiger charge is 2.29. The Kier molecular flexibility index (Phi) is 4.35. The number of likely N-dealkylation sites (N-methyl/N-ethyl adjacent to an activating group) is 1. The lowest BCUT2D eigenvalue weighted by Crippen LogP contribution is -2.55. The van der Waals surface area contributed by atoms with Crippen molar-refractivity contribution in [2.24, 2.45) is 5.73 Å². The molecule has 1 rings (SSSR count). The van der Waals surface area contributed by atoms with Gasteiger partial charge in [-0.25, -0.2) is 0 Å². The Morgan fingerprint density at radius 1 is 1.50 bits per heavy atom. The van der Waals surface area contributed by atoms with Crippen molar-refractivity contribution in [2.75, 3.05) is 32.7 Å². The number of piperazine rings is 1. The number of carbonyl (C=O) groups excluding carboxylic acids is 1. The SMILES string of the molecule is CCN1CCN(CCCN)C(C)C1=O. The van der Waals surface area contributed by atoms with E-state index in [0.29, 0.717) is 6.54 Å².